The van der Waals surface area contributed by atoms with Gasteiger partial charge in [-0.1, -0.05) is 6.07 Å². The maximum absolute atomic E-state index is 5.32. The van der Waals surface area contributed by atoms with Crippen LogP contribution >= 0.6 is 0 Å². The van der Waals surface area contributed by atoms with Crippen molar-refractivity contribution < 1.29 is 4.74 Å². The number of methoxy groups -OCH3 is 1. The Bertz CT molecular complexity index is 524. The van der Waals surface area contributed by atoms with E-state index in [0.717, 1.165) is 24.2 Å². The number of imidazole rings is 1. The molecular formula is C14H20N4O. The summed E-state index contributed by atoms with van der Waals surface area (Å²) in [5, 5.41) is 3.32. The molecule has 0 bridgehead atoms. The molecule has 5 nitrogen and oxygen atoms in total. The van der Waals surface area contributed by atoms with Gasteiger partial charge in [-0.2, -0.15) is 0 Å². The van der Waals surface area contributed by atoms with Crippen molar-refractivity contribution in [3.8, 4) is 5.88 Å². The highest BCUT2D eigenvalue weighted by molar-refractivity contribution is 5.28. The van der Waals surface area contributed by atoms with E-state index in [1.807, 2.05) is 43.2 Å². The lowest BCUT2D eigenvalue weighted by atomic mass is 10.0. The van der Waals surface area contributed by atoms with Gasteiger partial charge in [0.25, 0.3) is 0 Å². The third-order valence-electron chi connectivity index (χ3n) is 3.30. The predicted molar refractivity (Wildman–Crippen MR) is 74.1 cm³/mol. The quantitative estimate of drug-likeness (QED) is 0.859. The maximum atomic E-state index is 5.32. The van der Waals surface area contributed by atoms with Gasteiger partial charge < -0.3 is 14.6 Å². The summed E-state index contributed by atoms with van der Waals surface area (Å²) in [6, 6.07) is 4.19. The lowest BCUT2D eigenvalue weighted by molar-refractivity contribution is 0.381. The van der Waals surface area contributed by atoms with Gasteiger partial charge >= 0.3 is 0 Å². The molecule has 0 saturated carbocycles. The smallest absolute Gasteiger partial charge is 0.217 e. The van der Waals surface area contributed by atoms with Crippen LogP contribution in [-0.4, -0.2) is 28.7 Å². The molecule has 0 saturated heterocycles. The maximum Gasteiger partial charge on any atom is 0.217 e. The molecule has 2 heterocycles. The lowest BCUT2D eigenvalue weighted by Gasteiger charge is -2.18. The van der Waals surface area contributed by atoms with Crippen LogP contribution in [0.4, 0.5) is 0 Å². The SMILES string of the molecule is CNC(CCc1nccn1C)c1cccnc1OC. The molecule has 0 radical (unpaired) electrons. The first-order valence-electron chi connectivity index (χ1n) is 6.38. The summed E-state index contributed by atoms with van der Waals surface area (Å²) < 4.78 is 7.37. The van der Waals surface area contributed by atoms with E-state index in [1.165, 1.54) is 0 Å². The summed E-state index contributed by atoms with van der Waals surface area (Å²) >= 11 is 0. The van der Waals surface area contributed by atoms with Crippen molar-refractivity contribution in [1.82, 2.24) is 19.9 Å². The van der Waals surface area contributed by atoms with Crippen LogP contribution in [0.15, 0.2) is 30.7 Å². The summed E-state index contributed by atoms with van der Waals surface area (Å²) in [6.45, 7) is 0. The highest BCUT2D eigenvalue weighted by Gasteiger charge is 2.15. The molecule has 19 heavy (non-hydrogen) atoms. The van der Waals surface area contributed by atoms with E-state index in [4.69, 9.17) is 4.74 Å². The molecule has 2 rings (SSSR count). The summed E-state index contributed by atoms with van der Waals surface area (Å²) in [4.78, 5) is 8.59. The number of hydrogen-bond donors (Lipinski definition) is 1. The van der Waals surface area contributed by atoms with Gasteiger partial charge in [0.15, 0.2) is 0 Å². The van der Waals surface area contributed by atoms with Gasteiger partial charge in [-0.05, 0) is 19.5 Å². The Hall–Kier alpha value is -1.88. The van der Waals surface area contributed by atoms with Gasteiger partial charge in [-0.15, -0.1) is 0 Å². The number of nitrogens with one attached hydrogen (secondary N) is 1. The van der Waals surface area contributed by atoms with E-state index < -0.39 is 0 Å². The molecule has 1 atom stereocenters. The zero-order chi connectivity index (χ0) is 13.7. The Balaban J connectivity index is 2.10. The molecule has 0 aliphatic rings. The predicted octanol–water partition coefficient (Wildman–Crippen LogP) is 1.72. The Morgan fingerprint density at radius 3 is 2.84 bits per heavy atom. The van der Waals surface area contributed by atoms with Crippen molar-refractivity contribution in [3.63, 3.8) is 0 Å². The van der Waals surface area contributed by atoms with E-state index in [0.29, 0.717) is 5.88 Å². The summed E-state index contributed by atoms with van der Waals surface area (Å²) in [5.41, 5.74) is 1.08. The minimum Gasteiger partial charge on any atom is -0.481 e. The van der Waals surface area contributed by atoms with Gasteiger partial charge in [0.1, 0.15) is 5.82 Å². The molecule has 0 aliphatic heterocycles. The fourth-order valence-corrected chi connectivity index (χ4v) is 2.21. The Kier molecular flexibility index (Phi) is 4.52. The van der Waals surface area contributed by atoms with Crippen molar-refractivity contribution in [2.75, 3.05) is 14.2 Å². The number of hydrogen-bond acceptors (Lipinski definition) is 4. The second kappa shape index (κ2) is 6.33. The summed E-state index contributed by atoms with van der Waals surface area (Å²) in [6.07, 6.45) is 7.40. The highest BCUT2D eigenvalue weighted by Crippen LogP contribution is 2.25. The standard InChI is InChI=1S/C14H20N4O/c1-15-12(6-7-13-16-9-10-18(13)2)11-5-4-8-17-14(11)19-3/h4-5,8-10,12,15H,6-7H2,1-3H3. The molecule has 0 spiro atoms. The van der Waals surface area contributed by atoms with Crippen molar-refractivity contribution in [2.24, 2.45) is 7.05 Å². The molecular weight excluding hydrogens is 240 g/mol. The normalized spacial score (nSPS) is 12.4. The Labute approximate surface area is 113 Å². The van der Waals surface area contributed by atoms with Gasteiger partial charge in [-0.25, -0.2) is 9.97 Å². The first kappa shape index (κ1) is 13.5. The number of nitrogens with zero attached hydrogens (tertiary/aromatic N) is 3. The molecule has 0 aliphatic carbocycles. The number of aromatic nitrogens is 3. The molecule has 0 fully saturated rings. The zero-order valence-electron chi connectivity index (χ0n) is 11.6. The molecule has 0 aromatic carbocycles. The first-order valence-corrected chi connectivity index (χ1v) is 6.38. The number of rotatable bonds is 6. The van der Waals surface area contributed by atoms with Gasteiger partial charge in [0.05, 0.1) is 7.11 Å². The second-order valence-corrected chi connectivity index (χ2v) is 4.44. The van der Waals surface area contributed by atoms with Crippen molar-refractivity contribution >= 4 is 0 Å². The molecule has 2 aromatic rings. The minimum atomic E-state index is 0.209. The number of pyridine rings is 1. The second-order valence-electron chi connectivity index (χ2n) is 4.44. The van der Waals surface area contributed by atoms with Crippen LogP contribution in [0.3, 0.4) is 0 Å². The number of aryl methyl sites for hydroxylation is 2. The Morgan fingerprint density at radius 1 is 1.37 bits per heavy atom. The van der Waals surface area contributed by atoms with Gasteiger partial charge in [0.2, 0.25) is 5.88 Å². The molecule has 1 N–H and O–H groups in total. The van der Waals surface area contributed by atoms with E-state index in [2.05, 4.69) is 15.3 Å². The first-order chi connectivity index (χ1) is 9.26. The van der Waals surface area contributed by atoms with Gasteiger partial charge in [-0.3, -0.25) is 0 Å². The van der Waals surface area contributed by atoms with Crippen LogP contribution in [0.2, 0.25) is 0 Å². The van der Waals surface area contributed by atoms with Crippen LogP contribution in [0.5, 0.6) is 5.88 Å². The monoisotopic (exact) mass is 260 g/mol. The highest BCUT2D eigenvalue weighted by atomic mass is 16.5. The summed E-state index contributed by atoms with van der Waals surface area (Å²) in [5.74, 6) is 1.77. The van der Waals surface area contributed by atoms with E-state index in [9.17, 15) is 0 Å². The van der Waals surface area contributed by atoms with Crippen LogP contribution < -0.4 is 10.1 Å². The van der Waals surface area contributed by atoms with E-state index in [-0.39, 0.29) is 6.04 Å². The largest absolute Gasteiger partial charge is 0.481 e. The lowest BCUT2D eigenvalue weighted by Crippen LogP contribution is -2.19. The van der Waals surface area contributed by atoms with E-state index in [1.54, 1.807) is 13.3 Å². The minimum absolute atomic E-state index is 0.209. The van der Waals surface area contributed by atoms with E-state index >= 15 is 0 Å². The molecule has 1 unspecified atom stereocenters. The van der Waals surface area contributed by atoms with Crippen LogP contribution in [0.25, 0.3) is 0 Å². The molecule has 102 valence electrons. The molecule has 2 aromatic heterocycles. The van der Waals surface area contributed by atoms with Crippen molar-refractivity contribution in [2.45, 2.75) is 18.9 Å². The Morgan fingerprint density at radius 2 is 2.21 bits per heavy atom. The van der Waals surface area contributed by atoms with Crippen molar-refractivity contribution in [1.29, 1.82) is 0 Å². The van der Waals surface area contributed by atoms with Gasteiger partial charge in [0, 0.05) is 43.7 Å². The van der Waals surface area contributed by atoms with Crippen LogP contribution in [0, 0.1) is 0 Å². The zero-order valence-corrected chi connectivity index (χ0v) is 11.6. The van der Waals surface area contributed by atoms with Crippen molar-refractivity contribution in [3.05, 3.63) is 42.1 Å². The van der Waals surface area contributed by atoms with Crippen LogP contribution in [0.1, 0.15) is 23.9 Å². The third-order valence-corrected chi connectivity index (χ3v) is 3.30. The van der Waals surface area contributed by atoms with Crippen LogP contribution in [-0.2, 0) is 13.5 Å². The average molecular weight is 260 g/mol. The fourth-order valence-electron chi connectivity index (χ4n) is 2.21. The third kappa shape index (κ3) is 3.12. The summed E-state index contributed by atoms with van der Waals surface area (Å²) in [7, 11) is 5.62. The number of ether oxygens (including phenoxy) is 1. The molecule has 5 heteroatoms. The topological polar surface area (TPSA) is 52.0 Å². The average Bonchev–Trinajstić information content (AvgIpc) is 2.85. The molecule has 0 amide bonds. The fraction of sp³-hybridized carbons (Fsp3) is 0.429.